The van der Waals surface area contributed by atoms with E-state index in [9.17, 15) is 4.79 Å². The van der Waals surface area contributed by atoms with Crippen LogP contribution < -0.4 is 14.8 Å². The van der Waals surface area contributed by atoms with E-state index < -0.39 is 0 Å². The van der Waals surface area contributed by atoms with Gasteiger partial charge < -0.3 is 19.4 Å². The van der Waals surface area contributed by atoms with Gasteiger partial charge in [0, 0.05) is 36.4 Å². The van der Waals surface area contributed by atoms with E-state index in [-0.39, 0.29) is 5.91 Å². The number of anilines is 1. The van der Waals surface area contributed by atoms with Crippen LogP contribution in [0.5, 0.6) is 11.5 Å². The number of ether oxygens (including phenoxy) is 2. The number of imidazole rings is 1. The van der Waals surface area contributed by atoms with Crippen molar-refractivity contribution in [2.24, 2.45) is 0 Å². The van der Waals surface area contributed by atoms with Crippen LogP contribution in [0.25, 0.3) is 11.3 Å². The minimum absolute atomic E-state index is 0.228. The van der Waals surface area contributed by atoms with Gasteiger partial charge in [-0.05, 0) is 31.0 Å². The second kappa shape index (κ2) is 7.76. The third-order valence-corrected chi connectivity index (χ3v) is 4.97. The van der Waals surface area contributed by atoms with Gasteiger partial charge in [-0.3, -0.25) is 4.79 Å². The number of carbonyl (C=O) groups excluding carboxylic acids is 1. The van der Waals surface area contributed by atoms with Gasteiger partial charge in [0.15, 0.2) is 0 Å². The molecule has 144 valence electrons. The summed E-state index contributed by atoms with van der Waals surface area (Å²) in [6, 6.07) is 12.9. The molecule has 1 amide bonds. The number of fused-ring (bicyclic) bond motifs is 1. The maximum Gasteiger partial charge on any atom is 0.255 e. The van der Waals surface area contributed by atoms with Gasteiger partial charge >= 0.3 is 0 Å². The molecular formula is C22H23N3O3. The number of aromatic nitrogens is 2. The second-order valence-corrected chi connectivity index (χ2v) is 6.79. The standard InChI is InChI=1S/C22H23N3O3/c1-27-16-11-15(12-17(13-16)28-2)22(26)24-19-8-4-3-7-18(19)20-14-25-10-6-5-9-21(25)23-20/h3-4,7-8,11-14H,5-6,9-10H2,1-2H3,(H,24,26). The number of methoxy groups -OCH3 is 2. The number of benzene rings is 2. The second-order valence-electron chi connectivity index (χ2n) is 6.79. The molecular weight excluding hydrogens is 354 g/mol. The predicted molar refractivity (Wildman–Crippen MR) is 108 cm³/mol. The molecule has 1 N–H and O–H groups in total. The fourth-order valence-corrected chi connectivity index (χ4v) is 3.49. The molecule has 0 saturated heterocycles. The molecule has 0 bridgehead atoms. The van der Waals surface area contributed by atoms with E-state index >= 15 is 0 Å². The van der Waals surface area contributed by atoms with Crippen molar-refractivity contribution in [3.8, 4) is 22.8 Å². The first kappa shape index (κ1) is 18.1. The third-order valence-electron chi connectivity index (χ3n) is 4.97. The molecule has 1 aliphatic rings. The van der Waals surface area contributed by atoms with E-state index in [0.717, 1.165) is 35.7 Å². The van der Waals surface area contributed by atoms with Crippen molar-refractivity contribution in [3.63, 3.8) is 0 Å². The Balaban J connectivity index is 1.64. The van der Waals surface area contributed by atoms with Gasteiger partial charge in [-0.25, -0.2) is 4.98 Å². The highest BCUT2D eigenvalue weighted by atomic mass is 16.5. The molecule has 0 saturated carbocycles. The lowest BCUT2D eigenvalue weighted by Gasteiger charge is -2.12. The highest BCUT2D eigenvalue weighted by Crippen LogP contribution is 2.30. The summed E-state index contributed by atoms with van der Waals surface area (Å²) in [6.45, 7) is 1.00. The first-order chi connectivity index (χ1) is 13.7. The molecule has 1 aliphatic heterocycles. The van der Waals surface area contributed by atoms with E-state index in [0.29, 0.717) is 17.1 Å². The zero-order valence-corrected chi connectivity index (χ0v) is 16.1. The third kappa shape index (κ3) is 3.58. The molecule has 0 radical (unpaired) electrons. The highest BCUT2D eigenvalue weighted by molar-refractivity contribution is 6.06. The van der Waals surface area contributed by atoms with Crippen LogP contribution in [0.1, 0.15) is 29.0 Å². The Labute approximate surface area is 164 Å². The zero-order valence-electron chi connectivity index (χ0n) is 16.1. The first-order valence-electron chi connectivity index (χ1n) is 9.38. The number of nitrogens with one attached hydrogen (secondary N) is 1. The monoisotopic (exact) mass is 377 g/mol. The Morgan fingerprint density at radius 3 is 2.54 bits per heavy atom. The maximum atomic E-state index is 12.9. The number of rotatable bonds is 5. The largest absolute Gasteiger partial charge is 0.497 e. The fourth-order valence-electron chi connectivity index (χ4n) is 3.49. The molecule has 6 nitrogen and oxygen atoms in total. The van der Waals surface area contributed by atoms with Crippen molar-refractivity contribution in [1.82, 2.24) is 9.55 Å². The van der Waals surface area contributed by atoms with Crippen LogP contribution in [-0.2, 0) is 13.0 Å². The van der Waals surface area contributed by atoms with E-state index in [1.54, 1.807) is 32.4 Å². The van der Waals surface area contributed by atoms with Gasteiger partial charge in [0.1, 0.15) is 17.3 Å². The minimum Gasteiger partial charge on any atom is -0.497 e. The highest BCUT2D eigenvalue weighted by Gasteiger charge is 2.17. The summed E-state index contributed by atoms with van der Waals surface area (Å²) in [4.78, 5) is 17.7. The molecule has 0 aliphatic carbocycles. The Kier molecular flexibility index (Phi) is 5.02. The molecule has 6 heteroatoms. The Morgan fingerprint density at radius 1 is 1.07 bits per heavy atom. The fraction of sp³-hybridized carbons (Fsp3) is 0.273. The molecule has 0 spiro atoms. The number of aryl methyl sites for hydroxylation is 2. The Hall–Kier alpha value is -3.28. The number of hydrogen-bond donors (Lipinski definition) is 1. The van der Waals surface area contributed by atoms with Crippen LogP contribution >= 0.6 is 0 Å². The summed E-state index contributed by atoms with van der Waals surface area (Å²) in [5.41, 5.74) is 2.99. The van der Waals surface area contributed by atoms with Gasteiger partial charge in [-0.15, -0.1) is 0 Å². The van der Waals surface area contributed by atoms with Gasteiger partial charge in [-0.2, -0.15) is 0 Å². The van der Waals surface area contributed by atoms with Gasteiger partial charge in [0.2, 0.25) is 0 Å². The number of nitrogens with zero attached hydrogens (tertiary/aromatic N) is 2. The van der Waals surface area contributed by atoms with Gasteiger partial charge in [0.25, 0.3) is 5.91 Å². The van der Waals surface area contributed by atoms with Crippen molar-refractivity contribution >= 4 is 11.6 Å². The van der Waals surface area contributed by atoms with Gasteiger partial charge in [0.05, 0.1) is 25.6 Å². The van der Waals surface area contributed by atoms with Crippen LogP contribution in [0.2, 0.25) is 0 Å². The lowest BCUT2D eigenvalue weighted by atomic mass is 10.1. The van der Waals surface area contributed by atoms with Crippen molar-refractivity contribution in [2.45, 2.75) is 25.8 Å². The first-order valence-corrected chi connectivity index (χ1v) is 9.38. The van der Waals surface area contributed by atoms with Gasteiger partial charge in [-0.1, -0.05) is 18.2 Å². The van der Waals surface area contributed by atoms with E-state index in [1.165, 1.54) is 12.8 Å². The number of hydrogen-bond acceptors (Lipinski definition) is 4. The van der Waals surface area contributed by atoms with Crippen molar-refractivity contribution in [1.29, 1.82) is 0 Å². The minimum atomic E-state index is -0.228. The predicted octanol–water partition coefficient (Wildman–Crippen LogP) is 4.16. The summed E-state index contributed by atoms with van der Waals surface area (Å²) >= 11 is 0. The zero-order chi connectivity index (χ0) is 19.5. The Bertz CT molecular complexity index is 964. The molecule has 4 rings (SSSR count). The lowest BCUT2D eigenvalue weighted by Crippen LogP contribution is -2.13. The van der Waals surface area contributed by atoms with Crippen molar-refractivity contribution in [2.75, 3.05) is 19.5 Å². The smallest absolute Gasteiger partial charge is 0.255 e. The molecule has 2 aromatic carbocycles. The summed E-state index contributed by atoms with van der Waals surface area (Å²) in [5.74, 6) is 2.02. The molecule has 0 atom stereocenters. The van der Waals surface area contributed by atoms with E-state index in [2.05, 4.69) is 16.1 Å². The normalized spacial score (nSPS) is 12.9. The number of para-hydroxylation sites is 1. The molecule has 28 heavy (non-hydrogen) atoms. The molecule has 0 fully saturated rings. The number of amides is 1. The van der Waals surface area contributed by atoms with Crippen LogP contribution in [0.15, 0.2) is 48.7 Å². The van der Waals surface area contributed by atoms with E-state index in [1.807, 2.05) is 24.3 Å². The summed E-state index contributed by atoms with van der Waals surface area (Å²) in [5, 5.41) is 3.01. The molecule has 0 unspecified atom stereocenters. The van der Waals surface area contributed by atoms with Crippen LogP contribution in [-0.4, -0.2) is 29.7 Å². The summed E-state index contributed by atoms with van der Waals surface area (Å²) in [6.07, 6.45) is 5.43. The SMILES string of the molecule is COc1cc(OC)cc(C(=O)Nc2ccccc2-c2cn3c(n2)CCCC3)c1. The average Bonchev–Trinajstić information content (AvgIpc) is 3.17. The van der Waals surface area contributed by atoms with E-state index in [4.69, 9.17) is 14.5 Å². The molecule has 1 aromatic heterocycles. The lowest BCUT2D eigenvalue weighted by molar-refractivity contribution is 0.102. The average molecular weight is 377 g/mol. The van der Waals surface area contributed by atoms with Crippen LogP contribution in [0, 0.1) is 0 Å². The molecule has 2 heterocycles. The quantitative estimate of drug-likeness (QED) is 0.725. The van der Waals surface area contributed by atoms with Crippen molar-refractivity contribution < 1.29 is 14.3 Å². The van der Waals surface area contributed by atoms with Crippen LogP contribution in [0.3, 0.4) is 0 Å². The molecule has 3 aromatic rings. The topological polar surface area (TPSA) is 65.4 Å². The summed E-state index contributed by atoms with van der Waals surface area (Å²) < 4.78 is 12.7. The Morgan fingerprint density at radius 2 is 1.82 bits per heavy atom. The van der Waals surface area contributed by atoms with Crippen LogP contribution in [0.4, 0.5) is 5.69 Å². The summed E-state index contributed by atoms with van der Waals surface area (Å²) in [7, 11) is 3.12. The maximum absolute atomic E-state index is 12.9. The number of carbonyl (C=O) groups is 1. The van der Waals surface area contributed by atoms with Crippen molar-refractivity contribution in [3.05, 3.63) is 60.0 Å².